The predicted molar refractivity (Wildman–Crippen MR) is 113 cm³/mol. The molecule has 0 spiro atoms. The first-order valence-corrected chi connectivity index (χ1v) is 10.7. The molecule has 29 heavy (non-hydrogen) atoms. The molecule has 0 saturated heterocycles. The number of hydrogen-bond donors (Lipinski definition) is 1. The molecule has 0 aliphatic heterocycles. The van der Waals surface area contributed by atoms with Crippen LogP contribution in [0.25, 0.3) is 17.3 Å². The van der Waals surface area contributed by atoms with E-state index in [0.29, 0.717) is 29.0 Å². The number of para-hydroxylation sites is 2. The lowest BCUT2D eigenvalue weighted by Crippen LogP contribution is -2.24. The first kappa shape index (κ1) is 19.3. The number of carbonyl (C=O) groups excluding carboxylic acids is 1. The highest BCUT2D eigenvalue weighted by atomic mass is 32.2. The van der Waals surface area contributed by atoms with Crippen LogP contribution in [0.2, 0.25) is 0 Å². The van der Waals surface area contributed by atoms with Gasteiger partial charge in [-0.05, 0) is 35.7 Å². The molecule has 0 unspecified atom stereocenters. The summed E-state index contributed by atoms with van der Waals surface area (Å²) in [5.74, 6) is 1.94. The molecule has 148 valence electrons. The maximum atomic E-state index is 12.3. The van der Waals surface area contributed by atoms with Gasteiger partial charge in [0, 0.05) is 4.88 Å². The fraction of sp³-hybridized carbons (Fsp3) is 0.150. The van der Waals surface area contributed by atoms with Crippen molar-refractivity contribution in [3.63, 3.8) is 0 Å². The number of benzene rings is 1. The van der Waals surface area contributed by atoms with E-state index in [2.05, 4.69) is 15.5 Å². The van der Waals surface area contributed by atoms with Gasteiger partial charge >= 0.3 is 0 Å². The van der Waals surface area contributed by atoms with E-state index >= 15 is 0 Å². The Morgan fingerprint density at radius 1 is 1.21 bits per heavy atom. The van der Waals surface area contributed by atoms with Crippen LogP contribution in [0, 0.1) is 0 Å². The molecule has 1 amide bonds. The number of nitrogens with one attached hydrogen (secondary N) is 1. The van der Waals surface area contributed by atoms with Crippen molar-refractivity contribution in [3.05, 3.63) is 65.1 Å². The monoisotopic (exact) mass is 426 g/mol. The third-order valence-corrected chi connectivity index (χ3v) is 5.88. The van der Waals surface area contributed by atoms with E-state index in [0.717, 1.165) is 10.6 Å². The molecule has 0 aliphatic carbocycles. The van der Waals surface area contributed by atoms with Crippen LogP contribution in [-0.2, 0) is 11.3 Å². The van der Waals surface area contributed by atoms with E-state index in [1.54, 1.807) is 30.8 Å². The smallest absolute Gasteiger partial charge is 0.230 e. The molecule has 4 aromatic rings. The van der Waals surface area contributed by atoms with Gasteiger partial charge in [-0.1, -0.05) is 30.0 Å². The van der Waals surface area contributed by atoms with Gasteiger partial charge < -0.3 is 14.5 Å². The number of nitrogens with zero attached hydrogens (tertiary/aromatic N) is 3. The zero-order valence-electron chi connectivity index (χ0n) is 15.6. The lowest BCUT2D eigenvalue weighted by molar-refractivity contribution is -0.118. The first-order chi connectivity index (χ1) is 14.3. The number of rotatable bonds is 8. The number of amides is 1. The molecule has 0 atom stereocenters. The number of thioether (sulfide) groups is 1. The summed E-state index contributed by atoms with van der Waals surface area (Å²) >= 11 is 2.92. The van der Waals surface area contributed by atoms with Crippen LogP contribution in [0.3, 0.4) is 0 Å². The van der Waals surface area contributed by atoms with Crippen molar-refractivity contribution in [1.82, 2.24) is 20.1 Å². The minimum Gasteiger partial charge on any atom is -0.495 e. The summed E-state index contributed by atoms with van der Waals surface area (Å²) in [5, 5.41) is 14.1. The van der Waals surface area contributed by atoms with Crippen LogP contribution in [-0.4, -0.2) is 33.5 Å². The van der Waals surface area contributed by atoms with Crippen LogP contribution >= 0.6 is 23.1 Å². The Morgan fingerprint density at radius 2 is 2.10 bits per heavy atom. The maximum Gasteiger partial charge on any atom is 0.230 e. The molecule has 3 heterocycles. The first-order valence-electron chi connectivity index (χ1n) is 8.81. The van der Waals surface area contributed by atoms with E-state index in [9.17, 15) is 4.79 Å². The Kier molecular flexibility index (Phi) is 5.97. The van der Waals surface area contributed by atoms with Gasteiger partial charge in [-0.15, -0.1) is 21.5 Å². The lowest BCUT2D eigenvalue weighted by atomic mass is 10.3. The average Bonchev–Trinajstić information content (AvgIpc) is 3.52. The van der Waals surface area contributed by atoms with Crippen molar-refractivity contribution in [3.8, 4) is 23.0 Å². The number of carbonyl (C=O) groups is 1. The largest absolute Gasteiger partial charge is 0.495 e. The Hall–Kier alpha value is -3.04. The van der Waals surface area contributed by atoms with E-state index in [1.165, 1.54) is 11.8 Å². The number of aromatic nitrogens is 3. The van der Waals surface area contributed by atoms with Crippen molar-refractivity contribution in [2.45, 2.75) is 11.7 Å². The molecule has 1 N–H and O–H groups in total. The van der Waals surface area contributed by atoms with Gasteiger partial charge in [-0.25, -0.2) is 0 Å². The standard InChI is InChI=1S/C20H18N4O3S2/c1-26-16-8-3-2-7-15(16)24-19(17-9-4-10-27-17)22-23-20(24)29-13-18(25)21-12-14-6-5-11-28-14/h2-11H,12-13H2,1H3,(H,21,25). The van der Waals surface area contributed by atoms with Gasteiger partial charge in [0.05, 0.1) is 31.4 Å². The fourth-order valence-electron chi connectivity index (χ4n) is 2.74. The quantitative estimate of drug-likeness (QED) is 0.429. The average molecular weight is 427 g/mol. The second kappa shape index (κ2) is 8.97. The summed E-state index contributed by atoms with van der Waals surface area (Å²) in [5.41, 5.74) is 0.771. The SMILES string of the molecule is COc1ccccc1-n1c(SCC(=O)NCc2cccs2)nnc1-c1ccco1. The van der Waals surface area contributed by atoms with Gasteiger partial charge in [0.25, 0.3) is 0 Å². The summed E-state index contributed by atoms with van der Waals surface area (Å²) in [6, 6.07) is 15.1. The molecular formula is C20H18N4O3S2. The van der Waals surface area contributed by atoms with Crippen LogP contribution in [0.1, 0.15) is 4.88 Å². The van der Waals surface area contributed by atoms with Gasteiger partial charge in [0.15, 0.2) is 10.9 Å². The topological polar surface area (TPSA) is 82.2 Å². The van der Waals surface area contributed by atoms with Crippen LogP contribution in [0.5, 0.6) is 5.75 Å². The number of hydrogen-bond acceptors (Lipinski definition) is 7. The van der Waals surface area contributed by atoms with E-state index in [-0.39, 0.29) is 11.7 Å². The van der Waals surface area contributed by atoms with Gasteiger partial charge in [0.2, 0.25) is 11.7 Å². The second-order valence-corrected chi connectivity index (χ2v) is 7.91. The van der Waals surface area contributed by atoms with Gasteiger partial charge in [0.1, 0.15) is 5.75 Å². The van der Waals surface area contributed by atoms with Gasteiger partial charge in [-0.3, -0.25) is 9.36 Å². The second-order valence-electron chi connectivity index (χ2n) is 5.94. The summed E-state index contributed by atoms with van der Waals surface area (Å²) in [6.45, 7) is 0.522. The van der Waals surface area contributed by atoms with Crippen LogP contribution in [0.15, 0.2) is 69.7 Å². The van der Waals surface area contributed by atoms with Crippen molar-refractivity contribution in [2.75, 3.05) is 12.9 Å². The van der Waals surface area contributed by atoms with E-state index in [1.807, 2.05) is 52.4 Å². The van der Waals surface area contributed by atoms with E-state index < -0.39 is 0 Å². The highest BCUT2D eigenvalue weighted by Crippen LogP contribution is 2.32. The highest BCUT2D eigenvalue weighted by Gasteiger charge is 2.21. The summed E-state index contributed by atoms with van der Waals surface area (Å²) in [4.78, 5) is 13.4. The third kappa shape index (κ3) is 4.36. The van der Waals surface area contributed by atoms with Gasteiger partial charge in [-0.2, -0.15) is 0 Å². The van der Waals surface area contributed by atoms with Crippen molar-refractivity contribution in [2.24, 2.45) is 0 Å². The summed E-state index contributed by atoms with van der Waals surface area (Å²) < 4.78 is 12.9. The van der Waals surface area contributed by atoms with Crippen LogP contribution in [0.4, 0.5) is 0 Å². The minimum atomic E-state index is -0.0717. The Bertz CT molecular complexity index is 1080. The zero-order chi connectivity index (χ0) is 20.1. The summed E-state index contributed by atoms with van der Waals surface area (Å²) in [6.07, 6.45) is 1.58. The molecule has 0 saturated carbocycles. The van der Waals surface area contributed by atoms with Crippen molar-refractivity contribution < 1.29 is 13.9 Å². The lowest BCUT2D eigenvalue weighted by Gasteiger charge is -2.13. The third-order valence-electron chi connectivity index (χ3n) is 4.07. The molecule has 4 rings (SSSR count). The van der Waals surface area contributed by atoms with E-state index in [4.69, 9.17) is 9.15 Å². The molecular weight excluding hydrogens is 408 g/mol. The molecule has 0 radical (unpaired) electrons. The number of furan rings is 1. The Labute approximate surface area is 175 Å². The molecule has 7 nitrogen and oxygen atoms in total. The molecule has 0 fully saturated rings. The number of ether oxygens (including phenoxy) is 1. The minimum absolute atomic E-state index is 0.0717. The summed E-state index contributed by atoms with van der Waals surface area (Å²) in [7, 11) is 1.61. The molecule has 0 aliphatic rings. The highest BCUT2D eigenvalue weighted by molar-refractivity contribution is 7.99. The normalized spacial score (nSPS) is 10.8. The fourth-order valence-corrected chi connectivity index (χ4v) is 4.16. The molecule has 1 aromatic carbocycles. The molecule has 9 heteroatoms. The van der Waals surface area contributed by atoms with Crippen molar-refractivity contribution in [1.29, 1.82) is 0 Å². The molecule has 0 bridgehead atoms. The van der Waals surface area contributed by atoms with Crippen LogP contribution < -0.4 is 10.1 Å². The number of methoxy groups -OCH3 is 1. The Morgan fingerprint density at radius 3 is 2.86 bits per heavy atom. The van der Waals surface area contributed by atoms with Crippen molar-refractivity contribution >= 4 is 29.0 Å². The Balaban J connectivity index is 1.57. The predicted octanol–water partition coefficient (Wildman–Crippen LogP) is 4.01. The maximum absolute atomic E-state index is 12.3. The number of thiophene rings is 1. The molecule has 3 aromatic heterocycles. The zero-order valence-corrected chi connectivity index (χ0v) is 17.2.